The molecular formula is C11H9BrN4. The molecule has 2 rings (SSSR count). The van der Waals surface area contributed by atoms with Crippen LogP contribution >= 0.6 is 15.9 Å². The fourth-order valence-corrected chi connectivity index (χ4v) is 1.95. The molecular weight excluding hydrogens is 268 g/mol. The van der Waals surface area contributed by atoms with Crippen molar-refractivity contribution in [2.45, 2.75) is 13.5 Å². The van der Waals surface area contributed by atoms with Crippen LogP contribution in [0, 0.1) is 18.3 Å². The number of nitriles is 1. The van der Waals surface area contributed by atoms with Gasteiger partial charge in [-0.1, -0.05) is 0 Å². The molecule has 0 atom stereocenters. The second kappa shape index (κ2) is 4.45. The maximum Gasteiger partial charge on any atom is 0.128 e. The van der Waals surface area contributed by atoms with E-state index < -0.39 is 0 Å². The lowest BCUT2D eigenvalue weighted by Gasteiger charge is -1.95. The van der Waals surface area contributed by atoms with Crippen LogP contribution < -0.4 is 0 Å². The number of halogens is 1. The summed E-state index contributed by atoms with van der Waals surface area (Å²) >= 11 is 3.49. The lowest BCUT2D eigenvalue weighted by Crippen LogP contribution is -1.99. The number of aromatic nitrogens is 3. The molecule has 0 aromatic carbocycles. The first kappa shape index (κ1) is 10.8. The maximum atomic E-state index is 8.68. The Morgan fingerprint density at radius 1 is 1.56 bits per heavy atom. The van der Waals surface area contributed by atoms with Gasteiger partial charge >= 0.3 is 0 Å². The molecule has 0 amide bonds. The average Bonchev–Trinajstić information content (AvgIpc) is 2.59. The van der Waals surface area contributed by atoms with Crippen molar-refractivity contribution in [2.24, 2.45) is 0 Å². The summed E-state index contributed by atoms with van der Waals surface area (Å²) < 4.78 is 2.59. The Hall–Kier alpha value is -1.67. The standard InChI is InChI=1S/C11H9BrN4/c1-8-10(12)11(15-16(8)6-4-13)9-3-2-5-14-7-9/h2-3,5,7H,6H2,1H3. The third-order valence-corrected chi connectivity index (χ3v) is 3.24. The van der Waals surface area contributed by atoms with Crippen molar-refractivity contribution in [3.63, 3.8) is 0 Å². The number of pyridine rings is 1. The van der Waals surface area contributed by atoms with Crippen molar-refractivity contribution < 1.29 is 0 Å². The van der Waals surface area contributed by atoms with Gasteiger partial charge in [-0.05, 0) is 35.0 Å². The minimum atomic E-state index is 0.255. The lowest BCUT2D eigenvalue weighted by atomic mass is 10.2. The first-order chi connectivity index (χ1) is 7.74. The number of hydrogen-bond donors (Lipinski definition) is 0. The number of nitrogens with zero attached hydrogens (tertiary/aromatic N) is 4. The van der Waals surface area contributed by atoms with E-state index in [9.17, 15) is 0 Å². The fraction of sp³-hybridized carbons (Fsp3) is 0.182. The van der Waals surface area contributed by atoms with Gasteiger partial charge in [0.1, 0.15) is 12.2 Å². The second-order valence-electron chi connectivity index (χ2n) is 3.31. The van der Waals surface area contributed by atoms with Crippen LogP contribution in [0.15, 0.2) is 29.0 Å². The summed E-state index contributed by atoms with van der Waals surface area (Å²) in [6, 6.07) is 5.88. The molecule has 0 saturated heterocycles. The van der Waals surface area contributed by atoms with E-state index in [2.05, 4.69) is 32.1 Å². The Bertz CT molecular complexity index is 539. The van der Waals surface area contributed by atoms with E-state index in [0.717, 1.165) is 21.4 Å². The van der Waals surface area contributed by atoms with E-state index in [-0.39, 0.29) is 6.54 Å². The normalized spacial score (nSPS) is 10.1. The number of hydrogen-bond acceptors (Lipinski definition) is 3. The third kappa shape index (κ3) is 1.84. The van der Waals surface area contributed by atoms with Crippen LogP contribution in [0.25, 0.3) is 11.3 Å². The highest BCUT2D eigenvalue weighted by Gasteiger charge is 2.13. The molecule has 0 aliphatic rings. The van der Waals surface area contributed by atoms with Gasteiger partial charge in [0, 0.05) is 18.0 Å². The van der Waals surface area contributed by atoms with Gasteiger partial charge in [0.05, 0.1) is 16.2 Å². The molecule has 2 heterocycles. The minimum absolute atomic E-state index is 0.255. The zero-order valence-corrected chi connectivity index (χ0v) is 10.3. The Labute approximate surface area is 102 Å². The monoisotopic (exact) mass is 276 g/mol. The molecule has 0 N–H and O–H groups in total. The van der Waals surface area contributed by atoms with Crippen molar-refractivity contribution in [1.29, 1.82) is 5.26 Å². The Kier molecular flexibility index (Phi) is 3.02. The Morgan fingerprint density at radius 2 is 2.38 bits per heavy atom. The van der Waals surface area contributed by atoms with Gasteiger partial charge in [0.2, 0.25) is 0 Å². The number of rotatable bonds is 2. The smallest absolute Gasteiger partial charge is 0.128 e. The SMILES string of the molecule is Cc1c(Br)c(-c2cccnc2)nn1CC#N. The highest BCUT2D eigenvalue weighted by Crippen LogP contribution is 2.29. The van der Waals surface area contributed by atoms with Gasteiger partial charge in [-0.25, -0.2) is 0 Å². The quantitative estimate of drug-likeness (QED) is 0.847. The molecule has 0 aliphatic heterocycles. The fourth-order valence-electron chi connectivity index (χ4n) is 1.43. The van der Waals surface area contributed by atoms with Crippen molar-refractivity contribution in [3.8, 4) is 17.3 Å². The molecule has 0 bridgehead atoms. The van der Waals surface area contributed by atoms with Gasteiger partial charge in [-0.3, -0.25) is 9.67 Å². The molecule has 0 fully saturated rings. The van der Waals surface area contributed by atoms with Gasteiger partial charge in [0.25, 0.3) is 0 Å². The molecule has 0 spiro atoms. The predicted octanol–water partition coefficient (Wildman–Crippen LogP) is 2.54. The summed E-state index contributed by atoms with van der Waals surface area (Å²) in [5, 5.41) is 13.1. The van der Waals surface area contributed by atoms with Crippen molar-refractivity contribution >= 4 is 15.9 Å². The van der Waals surface area contributed by atoms with Crippen LogP contribution in [0.3, 0.4) is 0 Å². The molecule has 80 valence electrons. The first-order valence-electron chi connectivity index (χ1n) is 4.74. The molecule has 5 heteroatoms. The van der Waals surface area contributed by atoms with E-state index in [4.69, 9.17) is 5.26 Å². The molecule has 0 unspecified atom stereocenters. The maximum absolute atomic E-state index is 8.68. The van der Waals surface area contributed by atoms with Crippen molar-refractivity contribution in [2.75, 3.05) is 0 Å². The van der Waals surface area contributed by atoms with Gasteiger partial charge < -0.3 is 0 Å². The molecule has 2 aromatic rings. The van der Waals surface area contributed by atoms with Crippen molar-refractivity contribution in [1.82, 2.24) is 14.8 Å². The van der Waals surface area contributed by atoms with Crippen LogP contribution in [0.4, 0.5) is 0 Å². The third-order valence-electron chi connectivity index (χ3n) is 2.29. The van der Waals surface area contributed by atoms with Gasteiger partial charge in [0.15, 0.2) is 0 Å². The van der Waals surface area contributed by atoms with E-state index in [0.29, 0.717) is 0 Å². The lowest BCUT2D eigenvalue weighted by molar-refractivity contribution is 0.688. The van der Waals surface area contributed by atoms with E-state index >= 15 is 0 Å². The highest BCUT2D eigenvalue weighted by atomic mass is 79.9. The highest BCUT2D eigenvalue weighted by molar-refractivity contribution is 9.10. The topological polar surface area (TPSA) is 54.5 Å². The minimum Gasteiger partial charge on any atom is -0.264 e. The van der Waals surface area contributed by atoms with E-state index in [1.165, 1.54) is 0 Å². The summed E-state index contributed by atoms with van der Waals surface area (Å²) in [5.41, 5.74) is 2.70. The summed E-state index contributed by atoms with van der Waals surface area (Å²) in [6.45, 7) is 2.18. The van der Waals surface area contributed by atoms with Crippen LogP contribution in [-0.2, 0) is 6.54 Å². The molecule has 0 saturated carbocycles. The van der Waals surface area contributed by atoms with E-state index in [1.54, 1.807) is 17.1 Å². The van der Waals surface area contributed by atoms with Crippen LogP contribution in [-0.4, -0.2) is 14.8 Å². The molecule has 2 aromatic heterocycles. The largest absolute Gasteiger partial charge is 0.264 e. The van der Waals surface area contributed by atoms with Gasteiger partial charge in [-0.2, -0.15) is 10.4 Å². The molecule has 4 nitrogen and oxygen atoms in total. The second-order valence-corrected chi connectivity index (χ2v) is 4.10. The zero-order chi connectivity index (χ0) is 11.5. The molecule has 0 aliphatic carbocycles. The molecule has 0 radical (unpaired) electrons. The first-order valence-corrected chi connectivity index (χ1v) is 5.53. The Balaban J connectivity index is 2.52. The summed E-state index contributed by atoms with van der Waals surface area (Å²) in [5.74, 6) is 0. The zero-order valence-electron chi connectivity index (χ0n) is 8.68. The summed E-state index contributed by atoms with van der Waals surface area (Å²) in [7, 11) is 0. The van der Waals surface area contributed by atoms with Gasteiger partial charge in [-0.15, -0.1) is 0 Å². The average molecular weight is 277 g/mol. The van der Waals surface area contributed by atoms with E-state index in [1.807, 2.05) is 19.1 Å². The summed E-state index contributed by atoms with van der Waals surface area (Å²) in [6.07, 6.45) is 3.47. The Morgan fingerprint density at radius 3 is 3.00 bits per heavy atom. The van der Waals surface area contributed by atoms with Crippen molar-refractivity contribution in [3.05, 3.63) is 34.7 Å². The van der Waals surface area contributed by atoms with Crippen LogP contribution in [0.5, 0.6) is 0 Å². The molecule has 16 heavy (non-hydrogen) atoms. The van der Waals surface area contributed by atoms with Crippen LogP contribution in [0.1, 0.15) is 5.69 Å². The van der Waals surface area contributed by atoms with Crippen LogP contribution in [0.2, 0.25) is 0 Å². The summed E-state index contributed by atoms with van der Waals surface area (Å²) in [4.78, 5) is 4.05. The predicted molar refractivity (Wildman–Crippen MR) is 63.5 cm³/mol.